The van der Waals surface area contributed by atoms with Gasteiger partial charge >= 0.3 is 0 Å². The molecule has 78 valence electrons. The Morgan fingerprint density at radius 3 is 1.69 bits per heavy atom. The Labute approximate surface area is 79.7 Å². The fourth-order valence-electron chi connectivity index (χ4n) is 2.40. The van der Waals surface area contributed by atoms with Crippen molar-refractivity contribution in [2.24, 2.45) is 23.7 Å². The molecule has 0 saturated heterocycles. The minimum Gasteiger partial charge on any atom is -0.207 e. The Kier molecular flexibility index (Phi) is 2.98. The van der Waals surface area contributed by atoms with E-state index in [1.165, 1.54) is 0 Å². The van der Waals surface area contributed by atoms with Gasteiger partial charge in [-0.1, -0.05) is 20.8 Å². The fourth-order valence-corrected chi connectivity index (χ4v) is 2.40. The van der Waals surface area contributed by atoms with Crippen LogP contribution in [0.15, 0.2) is 0 Å². The zero-order chi connectivity index (χ0) is 10.2. The molecule has 0 aromatic heterocycles. The van der Waals surface area contributed by atoms with Crippen molar-refractivity contribution in [3.8, 4) is 0 Å². The summed E-state index contributed by atoms with van der Waals surface area (Å²) in [6, 6.07) is 0. The minimum atomic E-state index is -2.48. The minimum absolute atomic E-state index is 0.395. The van der Waals surface area contributed by atoms with Crippen molar-refractivity contribution in [2.45, 2.75) is 46.5 Å². The first-order valence-corrected chi connectivity index (χ1v) is 5.20. The number of halogens is 2. The lowest BCUT2D eigenvalue weighted by molar-refractivity contribution is -0.0768. The van der Waals surface area contributed by atoms with Gasteiger partial charge in [0.2, 0.25) is 5.92 Å². The average molecular weight is 190 g/mol. The second-order valence-corrected chi connectivity index (χ2v) is 4.94. The SMILES string of the molecule is CC1CC(C(C)(F)F)CC(C)C1C. The second kappa shape index (κ2) is 3.55. The molecule has 0 N–H and O–H groups in total. The van der Waals surface area contributed by atoms with Crippen LogP contribution < -0.4 is 0 Å². The summed E-state index contributed by atoms with van der Waals surface area (Å²) in [4.78, 5) is 0. The van der Waals surface area contributed by atoms with Crippen molar-refractivity contribution in [1.82, 2.24) is 0 Å². The molecule has 0 aromatic rings. The molecule has 0 aliphatic heterocycles. The first-order valence-electron chi connectivity index (χ1n) is 5.20. The van der Waals surface area contributed by atoms with E-state index in [9.17, 15) is 8.78 Å². The van der Waals surface area contributed by atoms with Crippen molar-refractivity contribution in [3.63, 3.8) is 0 Å². The van der Waals surface area contributed by atoms with Gasteiger partial charge in [-0.15, -0.1) is 0 Å². The maximum absolute atomic E-state index is 13.1. The molecule has 0 radical (unpaired) electrons. The molecule has 1 aliphatic rings. The number of hydrogen-bond donors (Lipinski definition) is 0. The second-order valence-electron chi connectivity index (χ2n) is 4.94. The molecular weight excluding hydrogens is 170 g/mol. The van der Waals surface area contributed by atoms with E-state index in [1.54, 1.807) is 0 Å². The van der Waals surface area contributed by atoms with Crippen molar-refractivity contribution in [3.05, 3.63) is 0 Å². The number of hydrogen-bond acceptors (Lipinski definition) is 0. The van der Waals surface area contributed by atoms with Crippen LogP contribution >= 0.6 is 0 Å². The number of alkyl halides is 2. The summed E-state index contributed by atoms with van der Waals surface area (Å²) < 4.78 is 26.2. The van der Waals surface area contributed by atoms with Gasteiger partial charge in [0.05, 0.1) is 0 Å². The van der Waals surface area contributed by atoms with Crippen LogP contribution in [0.1, 0.15) is 40.5 Å². The molecule has 1 saturated carbocycles. The molecule has 1 fully saturated rings. The molecule has 0 amide bonds. The van der Waals surface area contributed by atoms with Crippen LogP contribution in [-0.4, -0.2) is 5.92 Å². The maximum Gasteiger partial charge on any atom is 0.248 e. The highest BCUT2D eigenvalue weighted by Crippen LogP contribution is 2.43. The lowest BCUT2D eigenvalue weighted by Crippen LogP contribution is -2.36. The van der Waals surface area contributed by atoms with Gasteiger partial charge in [-0.3, -0.25) is 0 Å². The monoisotopic (exact) mass is 190 g/mol. The Morgan fingerprint density at radius 2 is 1.38 bits per heavy atom. The largest absolute Gasteiger partial charge is 0.248 e. The summed E-state index contributed by atoms with van der Waals surface area (Å²) in [7, 11) is 0. The first kappa shape index (κ1) is 10.9. The van der Waals surface area contributed by atoms with E-state index in [-0.39, 0.29) is 0 Å². The van der Waals surface area contributed by atoms with Gasteiger partial charge in [0.25, 0.3) is 0 Å². The van der Waals surface area contributed by atoms with Crippen LogP contribution in [0.25, 0.3) is 0 Å². The summed E-state index contributed by atoms with van der Waals surface area (Å²) in [6.07, 6.45) is 1.38. The standard InChI is InChI=1S/C11H20F2/c1-7-5-10(11(4,12)13)6-8(2)9(7)3/h7-10H,5-6H2,1-4H3. The molecule has 2 atom stereocenters. The van der Waals surface area contributed by atoms with Crippen molar-refractivity contribution in [2.75, 3.05) is 0 Å². The van der Waals surface area contributed by atoms with Crippen LogP contribution in [-0.2, 0) is 0 Å². The Bertz CT molecular complexity index is 159. The topological polar surface area (TPSA) is 0 Å². The van der Waals surface area contributed by atoms with Gasteiger partial charge in [-0.2, -0.15) is 0 Å². The summed E-state index contributed by atoms with van der Waals surface area (Å²) in [6.45, 7) is 7.44. The van der Waals surface area contributed by atoms with Crippen molar-refractivity contribution >= 4 is 0 Å². The molecule has 0 heterocycles. The molecule has 13 heavy (non-hydrogen) atoms. The predicted molar refractivity (Wildman–Crippen MR) is 50.8 cm³/mol. The van der Waals surface area contributed by atoms with Crippen LogP contribution in [0.4, 0.5) is 8.78 Å². The smallest absolute Gasteiger partial charge is 0.207 e. The molecule has 2 unspecified atom stereocenters. The maximum atomic E-state index is 13.1. The number of rotatable bonds is 1. The van der Waals surface area contributed by atoms with Gasteiger partial charge in [0.15, 0.2) is 0 Å². The van der Waals surface area contributed by atoms with Crippen LogP contribution in [0.2, 0.25) is 0 Å². The van der Waals surface area contributed by atoms with E-state index in [0.717, 1.165) is 6.92 Å². The van der Waals surface area contributed by atoms with Gasteiger partial charge in [0, 0.05) is 5.92 Å². The zero-order valence-corrected chi connectivity index (χ0v) is 8.98. The summed E-state index contributed by atoms with van der Waals surface area (Å²) in [5.41, 5.74) is 0. The van der Waals surface area contributed by atoms with Gasteiger partial charge < -0.3 is 0 Å². The zero-order valence-electron chi connectivity index (χ0n) is 8.98. The van der Waals surface area contributed by atoms with Gasteiger partial charge in [-0.05, 0) is 37.5 Å². The molecule has 0 nitrogen and oxygen atoms in total. The average Bonchev–Trinajstić information content (AvgIpc) is 1.97. The van der Waals surface area contributed by atoms with E-state index in [0.29, 0.717) is 30.6 Å². The predicted octanol–water partition coefficient (Wildman–Crippen LogP) is 3.96. The molecule has 0 spiro atoms. The van der Waals surface area contributed by atoms with Crippen LogP contribution in [0.3, 0.4) is 0 Å². The lowest BCUT2D eigenvalue weighted by atomic mass is 9.68. The van der Waals surface area contributed by atoms with Gasteiger partial charge in [-0.25, -0.2) is 8.78 Å². The van der Waals surface area contributed by atoms with Crippen molar-refractivity contribution in [1.29, 1.82) is 0 Å². The molecule has 1 rings (SSSR count). The highest BCUT2D eigenvalue weighted by molar-refractivity contribution is 4.85. The van der Waals surface area contributed by atoms with Gasteiger partial charge in [0.1, 0.15) is 0 Å². The third-order valence-corrected chi connectivity index (χ3v) is 3.82. The molecular formula is C11H20F2. The normalized spacial score (nSPS) is 42.0. The summed E-state index contributed by atoms with van der Waals surface area (Å²) >= 11 is 0. The van der Waals surface area contributed by atoms with E-state index in [1.807, 2.05) is 0 Å². The third kappa shape index (κ3) is 2.41. The highest BCUT2D eigenvalue weighted by Gasteiger charge is 2.41. The van der Waals surface area contributed by atoms with E-state index in [2.05, 4.69) is 20.8 Å². The summed E-state index contributed by atoms with van der Waals surface area (Å²) in [5, 5.41) is 0. The molecule has 1 aliphatic carbocycles. The van der Waals surface area contributed by atoms with Crippen LogP contribution in [0.5, 0.6) is 0 Å². The fraction of sp³-hybridized carbons (Fsp3) is 1.00. The van der Waals surface area contributed by atoms with Crippen molar-refractivity contribution < 1.29 is 8.78 Å². The van der Waals surface area contributed by atoms with E-state index in [4.69, 9.17) is 0 Å². The molecule has 0 aromatic carbocycles. The van der Waals surface area contributed by atoms with E-state index >= 15 is 0 Å². The quantitative estimate of drug-likeness (QED) is 0.587. The molecule has 0 bridgehead atoms. The lowest BCUT2D eigenvalue weighted by Gasteiger charge is -2.39. The Morgan fingerprint density at radius 1 is 1.00 bits per heavy atom. The van der Waals surface area contributed by atoms with Crippen LogP contribution in [0, 0.1) is 23.7 Å². The highest BCUT2D eigenvalue weighted by atomic mass is 19.3. The Hall–Kier alpha value is -0.140. The summed E-state index contributed by atoms with van der Waals surface area (Å²) in [5.74, 6) is -1.39. The third-order valence-electron chi connectivity index (χ3n) is 3.82. The molecule has 2 heteroatoms. The van der Waals surface area contributed by atoms with E-state index < -0.39 is 11.8 Å². The Balaban J connectivity index is 2.64. The first-order chi connectivity index (χ1) is 5.82.